The van der Waals surface area contributed by atoms with Gasteiger partial charge in [-0.1, -0.05) is 45.4 Å². The maximum absolute atomic E-state index is 12.2. The molecule has 0 amide bonds. The Balaban J connectivity index is 0. The minimum Gasteiger partial charge on any atom is -0.743 e. The topological polar surface area (TPSA) is 57.2 Å². The number of hydrogen-bond donors (Lipinski definition) is 0. The number of quaternary nitrogens is 1. The summed E-state index contributed by atoms with van der Waals surface area (Å²) < 4.78 is 137. The Morgan fingerprint density at radius 1 is 0.677 bits per heavy atom. The van der Waals surface area contributed by atoms with Gasteiger partial charge in [0.25, 0.3) is 0 Å². The third kappa shape index (κ3) is 10.1. The van der Waals surface area contributed by atoms with Crippen LogP contribution in [0.2, 0.25) is 0 Å². The first-order valence-corrected chi connectivity index (χ1v) is 10.9. The SMILES string of the molecule is CCCCCCCCCC[N+](C)(C)C.O=S(=O)([O-])C(F)(F)C(F)(F)C(F)(F)C(F)(F)F. The van der Waals surface area contributed by atoms with E-state index in [1.54, 1.807) is 0 Å². The lowest BCUT2D eigenvalue weighted by Crippen LogP contribution is -2.63. The molecule has 0 aliphatic heterocycles. The average Bonchev–Trinajstić information content (AvgIpc) is 2.54. The van der Waals surface area contributed by atoms with Crippen LogP contribution in [0.25, 0.3) is 0 Å². The van der Waals surface area contributed by atoms with Crippen LogP contribution < -0.4 is 0 Å². The van der Waals surface area contributed by atoms with E-state index in [-0.39, 0.29) is 0 Å². The van der Waals surface area contributed by atoms with Gasteiger partial charge in [-0.05, 0) is 12.8 Å². The number of nitrogens with zero attached hydrogens (tertiary/aromatic N) is 1. The molecule has 0 aliphatic rings. The fourth-order valence-corrected chi connectivity index (χ4v) is 2.68. The van der Waals surface area contributed by atoms with Gasteiger partial charge in [-0.25, -0.2) is 8.42 Å². The summed E-state index contributed by atoms with van der Waals surface area (Å²) in [5, 5.41) is -7.11. The van der Waals surface area contributed by atoms with E-state index < -0.39 is 33.4 Å². The van der Waals surface area contributed by atoms with Gasteiger partial charge in [0.1, 0.15) is 0 Å². The number of alkyl halides is 9. The van der Waals surface area contributed by atoms with Crippen molar-refractivity contribution in [1.82, 2.24) is 0 Å². The molecule has 0 heterocycles. The average molecular weight is 499 g/mol. The zero-order valence-corrected chi connectivity index (χ0v) is 18.7. The standard InChI is InChI=1S/C13H30N.C4HF9O3S/c1-5-6-7-8-9-10-11-12-13-14(2,3)4;5-1(6,3(9,10)11)2(7,8)4(12,13)17(14,15)16/h5-13H2,1-4H3;(H,14,15,16)/q+1;/p-1. The Hall–Kier alpha value is -0.760. The van der Waals surface area contributed by atoms with Gasteiger partial charge in [-0.2, -0.15) is 39.5 Å². The fourth-order valence-electron chi connectivity index (χ4n) is 2.24. The Labute approximate surface area is 177 Å². The van der Waals surface area contributed by atoms with Crippen LogP contribution >= 0.6 is 0 Å². The molecule has 0 unspecified atom stereocenters. The fraction of sp³-hybridized carbons (Fsp3) is 1.00. The third-order valence-corrected chi connectivity index (χ3v) is 5.00. The summed E-state index contributed by atoms with van der Waals surface area (Å²) in [5.41, 5.74) is 0. The summed E-state index contributed by atoms with van der Waals surface area (Å²) >= 11 is 0. The molecule has 190 valence electrons. The predicted molar refractivity (Wildman–Crippen MR) is 96.1 cm³/mol. The molecule has 14 heteroatoms. The van der Waals surface area contributed by atoms with Gasteiger partial charge in [-0.15, -0.1) is 0 Å². The summed E-state index contributed by atoms with van der Waals surface area (Å²) in [5.74, 6) is -14.8. The minimum absolute atomic E-state index is 1.12. The Kier molecular flexibility index (Phi) is 12.5. The highest BCUT2D eigenvalue weighted by molar-refractivity contribution is 7.86. The van der Waals surface area contributed by atoms with Crippen LogP contribution in [0.15, 0.2) is 0 Å². The molecule has 0 atom stereocenters. The maximum Gasteiger partial charge on any atom is 0.460 e. The highest BCUT2D eigenvalue weighted by atomic mass is 32.2. The van der Waals surface area contributed by atoms with Gasteiger partial charge < -0.3 is 9.04 Å². The van der Waals surface area contributed by atoms with Crippen molar-refractivity contribution in [1.29, 1.82) is 0 Å². The monoisotopic (exact) mass is 499 g/mol. The second-order valence-electron chi connectivity index (χ2n) is 8.11. The lowest BCUT2D eigenvalue weighted by atomic mass is 10.1. The summed E-state index contributed by atoms with van der Waals surface area (Å²) in [6, 6.07) is 0. The number of halogens is 9. The lowest BCUT2D eigenvalue weighted by molar-refractivity contribution is -0.870. The summed E-state index contributed by atoms with van der Waals surface area (Å²) in [6.45, 7) is 3.61. The van der Waals surface area contributed by atoms with E-state index in [1.165, 1.54) is 57.9 Å². The summed E-state index contributed by atoms with van der Waals surface area (Å²) in [4.78, 5) is 0. The maximum atomic E-state index is 12.2. The molecule has 0 aromatic heterocycles. The number of rotatable bonds is 12. The quantitative estimate of drug-likeness (QED) is 0.148. The van der Waals surface area contributed by atoms with Crippen molar-refractivity contribution in [3.63, 3.8) is 0 Å². The van der Waals surface area contributed by atoms with Gasteiger partial charge in [0.2, 0.25) is 0 Å². The predicted octanol–water partition coefficient (Wildman–Crippen LogP) is 5.79. The first kappa shape index (κ1) is 32.4. The van der Waals surface area contributed by atoms with E-state index in [4.69, 9.17) is 0 Å². The Bertz CT molecular complexity index is 615. The molecule has 0 aromatic carbocycles. The van der Waals surface area contributed by atoms with Crippen molar-refractivity contribution in [2.75, 3.05) is 27.7 Å². The molecule has 0 bridgehead atoms. The van der Waals surface area contributed by atoms with Gasteiger partial charge in [0.15, 0.2) is 10.1 Å². The first-order valence-electron chi connectivity index (χ1n) is 9.52. The van der Waals surface area contributed by atoms with Crippen molar-refractivity contribution in [3.05, 3.63) is 0 Å². The van der Waals surface area contributed by atoms with E-state index in [0.29, 0.717) is 0 Å². The highest BCUT2D eigenvalue weighted by Gasteiger charge is 2.83. The normalized spacial score (nSPS) is 14.3. The van der Waals surface area contributed by atoms with E-state index in [9.17, 15) is 52.5 Å². The first-order chi connectivity index (χ1) is 13.6. The van der Waals surface area contributed by atoms with Crippen molar-refractivity contribution in [2.45, 2.75) is 81.6 Å². The van der Waals surface area contributed by atoms with Crippen LogP contribution in [0, 0.1) is 0 Å². The van der Waals surface area contributed by atoms with Crippen molar-refractivity contribution >= 4 is 10.1 Å². The smallest absolute Gasteiger partial charge is 0.460 e. The van der Waals surface area contributed by atoms with E-state index >= 15 is 0 Å². The number of unbranched alkanes of at least 4 members (excludes halogenated alkanes) is 7. The third-order valence-electron chi connectivity index (χ3n) is 4.11. The van der Waals surface area contributed by atoms with Crippen molar-refractivity contribution < 1.29 is 57.0 Å². The van der Waals surface area contributed by atoms with Crippen LogP contribution in [0.1, 0.15) is 58.3 Å². The van der Waals surface area contributed by atoms with Crippen LogP contribution in [0.3, 0.4) is 0 Å². The largest absolute Gasteiger partial charge is 0.743 e. The summed E-state index contributed by atoms with van der Waals surface area (Å²) in [7, 11) is -0.580. The van der Waals surface area contributed by atoms with Crippen LogP contribution in [0.4, 0.5) is 39.5 Å². The molecule has 0 spiro atoms. The molecule has 0 fully saturated rings. The van der Waals surface area contributed by atoms with Crippen LogP contribution in [0.5, 0.6) is 0 Å². The molecular weight excluding hydrogens is 469 g/mol. The molecule has 0 saturated heterocycles. The molecule has 0 aromatic rings. The van der Waals surface area contributed by atoms with Crippen LogP contribution in [-0.2, 0) is 10.1 Å². The summed E-state index contributed by atoms with van der Waals surface area (Å²) in [6.07, 6.45) is 4.27. The van der Waals surface area contributed by atoms with Crippen molar-refractivity contribution in [2.24, 2.45) is 0 Å². The molecule has 0 N–H and O–H groups in total. The van der Waals surface area contributed by atoms with Gasteiger partial charge >= 0.3 is 23.3 Å². The molecule has 0 rings (SSSR count). The Morgan fingerprint density at radius 3 is 1.32 bits per heavy atom. The molecule has 4 nitrogen and oxygen atoms in total. The van der Waals surface area contributed by atoms with E-state index in [1.807, 2.05) is 0 Å². The molecular formula is C17H30F9NO3S. The van der Waals surface area contributed by atoms with Gasteiger partial charge in [0, 0.05) is 0 Å². The highest BCUT2D eigenvalue weighted by Crippen LogP contribution is 2.54. The molecule has 0 saturated carbocycles. The zero-order chi connectivity index (χ0) is 25.4. The van der Waals surface area contributed by atoms with E-state index in [2.05, 4.69) is 28.1 Å². The molecule has 0 aliphatic carbocycles. The van der Waals surface area contributed by atoms with E-state index in [0.717, 1.165) is 4.48 Å². The Morgan fingerprint density at radius 2 is 1.03 bits per heavy atom. The van der Waals surface area contributed by atoms with Crippen LogP contribution in [-0.4, -0.2) is 68.4 Å². The van der Waals surface area contributed by atoms with Crippen molar-refractivity contribution in [3.8, 4) is 0 Å². The number of hydrogen-bond acceptors (Lipinski definition) is 3. The lowest BCUT2D eigenvalue weighted by Gasteiger charge is -2.34. The van der Waals surface area contributed by atoms with Gasteiger partial charge in [0.05, 0.1) is 27.7 Å². The molecule has 31 heavy (non-hydrogen) atoms. The molecule has 0 radical (unpaired) electrons. The second kappa shape index (κ2) is 11.9. The van der Waals surface area contributed by atoms with Gasteiger partial charge in [-0.3, -0.25) is 0 Å². The minimum atomic E-state index is -7.43. The zero-order valence-electron chi connectivity index (χ0n) is 17.8. The second-order valence-corrected chi connectivity index (χ2v) is 9.53.